The van der Waals surface area contributed by atoms with E-state index in [2.05, 4.69) is 35.2 Å². The average Bonchev–Trinajstić information content (AvgIpc) is 3.16. The fourth-order valence-corrected chi connectivity index (χ4v) is 3.51. The first-order chi connectivity index (χ1) is 11.4. The number of aryl methyl sites for hydroxylation is 1. The van der Waals surface area contributed by atoms with Crippen molar-refractivity contribution >= 4 is 33.1 Å². The summed E-state index contributed by atoms with van der Waals surface area (Å²) in [5.41, 5.74) is 3.79. The number of rotatable bonds is 5. The third-order valence-corrected chi connectivity index (χ3v) is 5.02. The van der Waals surface area contributed by atoms with E-state index < -0.39 is 0 Å². The van der Waals surface area contributed by atoms with Gasteiger partial charge in [0.2, 0.25) is 0 Å². The van der Waals surface area contributed by atoms with Gasteiger partial charge in [-0.05, 0) is 44.0 Å². The summed E-state index contributed by atoms with van der Waals surface area (Å²) in [6.07, 6.45) is 2.98. The summed E-state index contributed by atoms with van der Waals surface area (Å²) in [6.45, 7) is 5.92. The molecule has 0 saturated heterocycles. The van der Waals surface area contributed by atoms with Crippen LogP contribution in [-0.2, 0) is 0 Å². The maximum Gasteiger partial charge on any atom is 0.122 e. The van der Waals surface area contributed by atoms with Crippen LogP contribution in [0.15, 0.2) is 30.5 Å². The van der Waals surface area contributed by atoms with E-state index >= 15 is 0 Å². The van der Waals surface area contributed by atoms with Crippen LogP contribution in [0.3, 0.4) is 0 Å². The fraction of sp³-hybridized carbons (Fsp3) is 0.333. The van der Waals surface area contributed by atoms with E-state index in [0.29, 0.717) is 24.4 Å². The molecular formula is C18H21N5S. The first kappa shape index (κ1) is 16.5. The Bertz CT molecular complexity index is 905. The van der Waals surface area contributed by atoms with Gasteiger partial charge in [-0.15, -0.1) is 11.3 Å². The highest BCUT2D eigenvalue weighted by molar-refractivity contribution is 7.18. The molecule has 1 unspecified atom stereocenters. The second-order valence-electron chi connectivity index (χ2n) is 6.09. The van der Waals surface area contributed by atoms with Gasteiger partial charge in [0.1, 0.15) is 5.84 Å². The summed E-state index contributed by atoms with van der Waals surface area (Å²) in [5.74, 6) is 0.587. The Morgan fingerprint density at radius 3 is 2.79 bits per heavy atom. The molecule has 0 aliphatic rings. The summed E-state index contributed by atoms with van der Waals surface area (Å²) >= 11 is 1.71. The molecule has 0 aliphatic heterocycles. The monoisotopic (exact) mass is 339 g/mol. The molecule has 2 heterocycles. The van der Waals surface area contributed by atoms with Crippen molar-refractivity contribution in [1.82, 2.24) is 14.8 Å². The van der Waals surface area contributed by atoms with Gasteiger partial charge < -0.3 is 5.41 Å². The molecular weight excluding hydrogens is 318 g/mol. The van der Waals surface area contributed by atoms with Gasteiger partial charge >= 0.3 is 0 Å². The predicted molar refractivity (Wildman–Crippen MR) is 99.9 cm³/mol. The molecule has 0 spiro atoms. The van der Waals surface area contributed by atoms with Crippen LogP contribution in [0.5, 0.6) is 0 Å². The number of hydrogen-bond acceptors (Lipinski definition) is 5. The van der Waals surface area contributed by atoms with Crippen molar-refractivity contribution in [2.45, 2.75) is 39.5 Å². The number of benzene rings is 1. The van der Waals surface area contributed by atoms with E-state index in [0.717, 1.165) is 16.2 Å². The topological polar surface area (TPSA) is 78.4 Å². The Kier molecular flexibility index (Phi) is 4.57. The lowest BCUT2D eigenvalue weighted by Crippen LogP contribution is -2.13. The molecule has 124 valence electrons. The summed E-state index contributed by atoms with van der Waals surface area (Å²) in [4.78, 5) is 4.50. The van der Waals surface area contributed by atoms with E-state index in [1.807, 2.05) is 19.2 Å². The molecule has 0 saturated carbocycles. The van der Waals surface area contributed by atoms with Crippen LogP contribution in [0, 0.1) is 17.7 Å². The lowest BCUT2D eigenvalue weighted by atomic mass is 9.98. The molecule has 2 aromatic heterocycles. The van der Waals surface area contributed by atoms with Crippen LogP contribution in [0.25, 0.3) is 10.2 Å². The van der Waals surface area contributed by atoms with Crippen LogP contribution in [0.4, 0.5) is 0 Å². The lowest BCUT2D eigenvalue weighted by molar-refractivity contribution is 0.801. The SMILES string of the molecule is CC(=N)CCC(=N)n1ccc(C(C)c2ccc3nc(C)sc3c2)n1. The number of aromatic nitrogens is 3. The molecule has 0 fully saturated rings. The van der Waals surface area contributed by atoms with E-state index in [4.69, 9.17) is 10.8 Å². The van der Waals surface area contributed by atoms with Crippen molar-refractivity contribution in [3.05, 3.63) is 46.7 Å². The highest BCUT2D eigenvalue weighted by Crippen LogP contribution is 2.28. The van der Waals surface area contributed by atoms with Gasteiger partial charge in [-0.3, -0.25) is 5.41 Å². The second kappa shape index (κ2) is 6.65. The third-order valence-electron chi connectivity index (χ3n) is 4.09. The zero-order valence-corrected chi connectivity index (χ0v) is 14.9. The Balaban J connectivity index is 1.80. The van der Waals surface area contributed by atoms with Crippen molar-refractivity contribution in [2.75, 3.05) is 0 Å². The normalized spacial score (nSPS) is 12.5. The number of nitrogens with one attached hydrogen (secondary N) is 2. The lowest BCUT2D eigenvalue weighted by Gasteiger charge is -2.09. The van der Waals surface area contributed by atoms with Crippen molar-refractivity contribution in [3.8, 4) is 0 Å². The van der Waals surface area contributed by atoms with Crippen molar-refractivity contribution in [3.63, 3.8) is 0 Å². The smallest absolute Gasteiger partial charge is 0.122 e. The van der Waals surface area contributed by atoms with Gasteiger partial charge in [-0.25, -0.2) is 9.67 Å². The summed E-state index contributed by atoms with van der Waals surface area (Å²) in [5, 5.41) is 21.2. The zero-order chi connectivity index (χ0) is 17.3. The van der Waals surface area contributed by atoms with Gasteiger partial charge in [0.15, 0.2) is 0 Å². The highest BCUT2D eigenvalue weighted by Gasteiger charge is 2.14. The highest BCUT2D eigenvalue weighted by atomic mass is 32.1. The van der Waals surface area contributed by atoms with Crippen molar-refractivity contribution in [2.24, 2.45) is 0 Å². The number of hydrogen-bond donors (Lipinski definition) is 2. The van der Waals surface area contributed by atoms with Gasteiger partial charge in [0.25, 0.3) is 0 Å². The van der Waals surface area contributed by atoms with Crippen molar-refractivity contribution < 1.29 is 0 Å². The first-order valence-corrected chi connectivity index (χ1v) is 8.80. The molecule has 0 aliphatic carbocycles. The molecule has 6 heteroatoms. The quantitative estimate of drug-likeness (QED) is 0.526. The Hall–Kier alpha value is -2.34. The van der Waals surface area contributed by atoms with Crippen LogP contribution in [-0.4, -0.2) is 26.3 Å². The van der Waals surface area contributed by atoms with Gasteiger partial charge in [0.05, 0.1) is 20.9 Å². The van der Waals surface area contributed by atoms with Crippen LogP contribution < -0.4 is 0 Å². The van der Waals surface area contributed by atoms with Crippen molar-refractivity contribution in [1.29, 1.82) is 10.8 Å². The van der Waals surface area contributed by atoms with Crippen LogP contribution in [0.1, 0.15) is 48.9 Å². The second-order valence-corrected chi connectivity index (χ2v) is 7.33. The number of fused-ring (bicyclic) bond motifs is 1. The van der Waals surface area contributed by atoms with Gasteiger partial charge in [-0.2, -0.15) is 5.10 Å². The fourth-order valence-electron chi connectivity index (χ4n) is 2.64. The molecule has 0 amide bonds. The number of thiazole rings is 1. The van der Waals surface area contributed by atoms with Crippen LogP contribution in [0.2, 0.25) is 0 Å². The molecule has 0 bridgehead atoms. The standard InChI is InChI=1S/C18H21N5S/c1-11(19)4-7-18(20)23-9-8-15(22-23)12(2)14-5-6-16-17(10-14)24-13(3)21-16/h5-6,8-10,12,19-20H,4,7H2,1-3H3. The molecule has 3 aromatic rings. The minimum absolute atomic E-state index is 0.162. The molecule has 3 rings (SSSR count). The molecule has 24 heavy (non-hydrogen) atoms. The van der Waals surface area contributed by atoms with Crippen LogP contribution >= 0.6 is 11.3 Å². The number of nitrogens with zero attached hydrogens (tertiary/aromatic N) is 3. The largest absolute Gasteiger partial charge is 0.310 e. The van der Waals surface area contributed by atoms with Gasteiger partial charge in [0, 0.05) is 24.2 Å². The molecule has 1 aromatic carbocycles. The molecule has 1 atom stereocenters. The van der Waals surface area contributed by atoms with E-state index in [-0.39, 0.29) is 5.92 Å². The average molecular weight is 339 g/mol. The molecule has 5 nitrogen and oxygen atoms in total. The van der Waals surface area contributed by atoms with E-state index in [9.17, 15) is 0 Å². The Morgan fingerprint density at radius 1 is 1.25 bits per heavy atom. The first-order valence-electron chi connectivity index (χ1n) is 7.98. The van der Waals surface area contributed by atoms with Gasteiger partial charge in [-0.1, -0.05) is 13.0 Å². The summed E-state index contributed by atoms with van der Waals surface area (Å²) in [6, 6.07) is 8.33. The van der Waals surface area contributed by atoms with E-state index in [1.165, 1.54) is 10.3 Å². The summed E-state index contributed by atoms with van der Waals surface area (Å²) < 4.78 is 2.81. The predicted octanol–water partition coefficient (Wildman–Crippen LogP) is 4.60. The Morgan fingerprint density at radius 2 is 2.04 bits per heavy atom. The zero-order valence-electron chi connectivity index (χ0n) is 14.1. The maximum absolute atomic E-state index is 8.09. The minimum Gasteiger partial charge on any atom is -0.310 e. The maximum atomic E-state index is 8.09. The molecule has 0 radical (unpaired) electrons. The van der Waals surface area contributed by atoms with E-state index in [1.54, 1.807) is 22.9 Å². The minimum atomic E-state index is 0.162. The third kappa shape index (κ3) is 3.43. The molecule has 2 N–H and O–H groups in total. The Labute approximate surface area is 145 Å². The summed E-state index contributed by atoms with van der Waals surface area (Å²) in [7, 11) is 0.